The summed E-state index contributed by atoms with van der Waals surface area (Å²) in [5, 5.41) is 12.3. The number of aromatic nitrogens is 4. The Balaban J connectivity index is 1.24. The number of rotatable bonds is 9. The molecular formula is C29H28F3N9O2. The first-order valence-electron chi connectivity index (χ1n) is 13.5. The normalized spacial score (nSPS) is 16.3. The van der Waals surface area contributed by atoms with E-state index in [0.717, 1.165) is 24.7 Å². The lowest BCUT2D eigenvalue weighted by Gasteiger charge is -2.21. The van der Waals surface area contributed by atoms with Crippen molar-refractivity contribution in [1.82, 2.24) is 29.7 Å². The molecule has 1 unspecified atom stereocenters. The molecule has 0 radical (unpaired) electrons. The minimum Gasteiger partial charge on any atom is -0.497 e. The van der Waals surface area contributed by atoms with Gasteiger partial charge in [-0.1, -0.05) is 0 Å². The van der Waals surface area contributed by atoms with Gasteiger partial charge in [-0.25, -0.2) is 15.0 Å². The molecule has 3 heterocycles. The summed E-state index contributed by atoms with van der Waals surface area (Å²) in [6.07, 6.45) is 7.09. The summed E-state index contributed by atoms with van der Waals surface area (Å²) in [6, 6.07) is 8.82. The van der Waals surface area contributed by atoms with Crippen molar-refractivity contribution < 1.29 is 22.7 Å². The van der Waals surface area contributed by atoms with E-state index in [4.69, 9.17) is 4.74 Å². The summed E-state index contributed by atoms with van der Waals surface area (Å²) in [5.74, 6) is 1.48. The SMILES string of the molecule is COc1cc(Nc2nccn2C2C=C(NC3CC3)NC=N2)cc(C(=O)Nc2ccc(-n3ccnc3C)c(C(F)(F)F)c2)c1. The molecule has 4 N–H and O–H groups in total. The van der Waals surface area contributed by atoms with Gasteiger partial charge in [0.2, 0.25) is 5.95 Å². The van der Waals surface area contributed by atoms with E-state index in [-0.39, 0.29) is 23.1 Å². The van der Waals surface area contributed by atoms with Gasteiger partial charge in [-0.15, -0.1) is 0 Å². The van der Waals surface area contributed by atoms with Crippen LogP contribution in [0.5, 0.6) is 5.75 Å². The fraction of sp³-hybridized carbons (Fsp3) is 0.241. The van der Waals surface area contributed by atoms with Crippen molar-refractivity contribution >= 4 is 29.6 Å². The standard InChI is InChI=1S/C29H28F3N9O2/c1-17-33-7-9-40(17)24-6-5-20(14-23(24)29(30,31)32)38-27(42)18-11-21(13-22(12-18)43-2)39-28-34-8-10-41(28)26-15-25(35-16-36-26)37-19-3-4-19/h5-16,19,26,37H,3-4H2,1-2H3,(H,34,39)(H,35,36)(H,38,42). The van der Waals surface area contributed by atoms with E-state index in [1.165, 1.54) is 42.3 Å². The number of carbonyl (C=O) groups is 1. The molecular weight excluding hydrogens is 563 g/mol. The number of hydrogen-bond acceptors (Lipinski definition) is 8. The molecule has 0 bridgehead atoms. The highest BCUT2D eigenvalue weighted by atomic mass is 19.4. The number of anilines is 3. The number of amides is 1. The van der Waals surface area contributed by atoms with Crippen LogP contribution < -0.4 is 26.0 Å². The molecule has 1 atom stereocenters. The maximum absolute atomic E-state index is 14.0. The molecule has 222 valence electrons. The lowest BCUT2D eigenvalue weighted by atomic mass is 10.1. The maximum atomic E-state index is 14.0. The second kappa shape index (κ2) is 11.2. The number of halogens is 3. The van der Waals surface area contributed by atoms with Gasteiger partial charge in [0.25, 0.3) is 5.91 Å². The Hall–Kier alpha value is -5.27. The largest absolute Gasteiger partial charge is 0.497 e. The quantitative estimate of drug-likeness (QED) is 0.213. The number of ether oxygens (including phenoxy) is 1. The highest BCUT2D eigenvalue weighted by Gasteiger charge is 2.35. The van der Waals surface area contributed by atoms with Crippen LogP contribution >= 0.6 is 0 Å². The Morgan fingerprint density at radius 2 is 1.88 bits per heavy atom. The number of aryl methyl sites for hydroxylation is 1. The van der Waals surface area contributed by atoms with Crippen molar-refractivity contribution in [2.24, 2.45) is 4.99 Å². The van der Waals surface area contributed by atoms with Gasteiger partial charge in [0.1, 0.15) is 17.4 Å². The van der Waals surface area contributed by atoms with Crippen LogP contribution in [0.1, 0.15) is 40.8 Å². The first kappa shape index (κ1) is 27.9. The van der Waals surface area contributed by atoms with E-state index in [0.29, 0.717) is 29.3 Å². The van der Waals surface area contributed by atoms with Crippen LogP contribution in [-0.2, 0) is 6.18 Å². The Morgan fingerprint density at radius 1 is 1.07 bits per heavy atom. The molecule has 11 nitrogen and oxygen atoms in total. The van der Waals surface area contributed by atoms with Gasteiger partial charge < -0.3 is 30.6 Å². The van der Waals surface area contributed by atoms with Crippen molar-refractivity contribution in [2.75, 3.05) is 17.7 Å². The van der Waals surface area contributed by atoms with Gasteiger partial charge in [-0.2, -0.15) is 13.2 Å². The first-order chi connectivity index (χ1) is 20.7. The smallest absolute Gasteiger partial charge is 0.418 e. The molecule has 2 aromatic heterocycles. The maximum Gasteiger partial charge on any atom is 0.418 e. The molecule has 1 aliphatic carbocycles. The van der Waals surface area contributed by atoms with Gasteiger partial charge >= 0.3 is 6.18 Å². The van der Waals surface area contributed by atoms with Gasteiger partial charge in [0.15, 0.2) is 6.17 Å². The number of nitrogens with zero attached hydrogens (tertiary/aromatic N) is 5. The van der Waals surface area contributed by atoms with E-state index in [2.05, 4.69) is 36.2 Å². The molecule has 2 aromatic carbocycles. The fourth-order valence-corrected chi connectivity index (χ4v) is 4.67. The zero-order chi connectivity index (χ0) is 30.1. The molecule has 1 amide bonds. The fourth-order valence-electron chi connectivity index (χ4n) is 4.67. The van der Waals surface area contributed by atoms with E-state index in [1.807, 2.05) is 10.6 Å². The number of benzene rings is 2. The van der Waals surface area contributed by atoms with E-state index in [1.54, 1.807) is 37.8 Å². The minimum absolute atomic E-state index is 0.0158. The molecule has 1 fully saturated rings. The average Bonchev–Trinajstić information content (AvgIpc) is 3.50. The summed E-state index contributed by atoms with van der Waals surface area (Å²) in [6.45, 7) is 1.61. The van der Waals surface area contributed by atoms with Crippen molar-refractivity contribution in [3.8, 4) is 11.4 Å². The molecule has 4 aromatic rings. The number of imidazole rings is 2. The summed E-state index contributed by atoms with van der Waals surface area (Å²) in [5.41, 5.74) is -0.364. The number of alkyl halides is 3. The summed E-state index contributed by atoms with van der Waals surface area (Å²) in [4.78, 5) is 26.2. The second-order valence-corrected chi connectivity index (χ2v) is 10.1. The Bertz CT molecular complexity index is 1720. The Morgan fingerprint density at radius 3 is 2.60 bits per heavy atom. The molecule has 2 aliphatic rings. The highest BCUT2D eigenvalue weighted by molar-refractivity contribution is 6.05. The summed E-state index contributed by atoms with van der Waals surface area (Å²) < 4.78 is 50.5. The van der Waals surface area contributed by atoms with Crippen LogP contribution in [0, 0.1) is 6.92 Å². The Kier molecular flexibility index (Phi) is 7.26. The lowest BCUT2D eigenvalue weighted by Crippen LogP contribution is -2.31. The number of aliphatic imine (C=N–C) groups is 1. The van der Waals surface area contributed by atoms with Crippen LogP contribution in [-0.4, -0.2) is 44.5 Å². The van der Waals surface area contributed by atoms with Crippen LogP contribution in [0.15, 0.2) is 78.1 Å². The molecule has 1 aliphatic heterocycles. The monoisotopic (exact) mass is 591 g/mol. The molecule has 0 saturated heterocycles. The minimum atomic E-state index is -4.66. The third-order valence-corrected chi connectivity index (χ3v) is 6.96. The first-order valence-corrected chi connectivity index (χ1v) is 13.5. The number of hydrogen-bond donors (Lipinski definition) is 4. The van der Waals surface area contributed by atoms with Crippen LogP contribution in [0.25, 0.3) is 5.69 Å². The van der Waals surface area contributed by atoms with E-state index >= 15 is 0 Å². The third kappa shape index (κ3) is 6.17. The van der Waals surface area contributed by atoms with Crippen LogP contribution in [0.4, 0.5) is 30.5 Å². The topological polar surface area (TPSA) is 122 Å². The summed E-state index contributed by atoms with van der Waals surface area (Å²) in [7, 11) is 1.46. The average molecular weight is 592 g/mol. The van der Waals surface area contributed by atoms with Crippen molar-refractivity contribution in [2.45, 2.75) is 38.1 Å². The van der Waals surface area contributed by atoms with E-state index < -0.39 is 17.6 Å². The zero-order valence-electron chi connectivity index (χ0n) is 23.2. The van der Waals surface area contributed by atoms with Crippen molar-refractivity contribution in [3.63, 3.8) is 0 Å². The van der Waals surface area contributed by atoms with Gasteiger partial charge in [0, 0.05) is 59.9 Å². The highest BCUT2D eigenvalue weighted by Crippen LogP contribution is 2.36. The van der Waals surface area contributed by atoms with Gasteiger partial charge in [0.05, 0.1) is 24.7 Å². The van der Waals surface area contributed by atoms with Crippen LogP contribution in [0.3, 0.4) is 0 Å². The van der Waals surface area contributed by atoms with Crippen molar-refractivity contribution in [1.29, 1.82) is 0 Å². The zero-order valence-corrected chi connectivity index (χ0v) is 23.2. The number of nitrogens with one attached hydrogen (secondary N) is 4. The molecule has 43 heavy (non-hydrogen) atoms. The Labute approximate surface area is 244 Å². The van der Waals surface area contributed by atoms with E-state index in [9.17, 15) is 18.0 Å². The molecule has 0 spiro atoms. The van der Waals surface area contributed by atoms with Gasteiger partial charge in [-0.05, 0) is 50.1 Å². The van der Waals surface area contributed by atoms with Crippen LogP contribution in [0.2, 0.25) is 0 Å². The second-order valence-electron chi connectivity index (χ2n) is 10.1. The number of methoxy groups -OCH3 is 1. The molecule has 14 heteroatoms. The molecule has 1 saturated carbocycles. The third-order valence-electron chi connectivity index (χ3n) is 6.96. The van der Waals surface area contributed by atoms with Crippen molar-refractivity contribution in [3.05, 3.63) is 90.0 Å². The number of carbonyl (C=O) groups excluding carboxylic acids is 1. The predicted molar refractivity (Wildman–Crippen MR) is 155 cm³/mol. The predicted octanol–water partition coefficient (Wildman–Crippen LogP) is 5.12. The van der Waals surface area contributed by atoms with Gasteiger partial charge in [-0.3, -0.25) is 9.36 Å². The summed E-state index contributed by atoms with van der Waals surface area (Å²) >= 11 is 0. The molecule has 6 rings (SSSR count). The lowest BCUT2D eigenvalue weighted by molar-refractivity contribution is -0.137.